The van der Waals surface area contributed by atoms with Gasteiger partial charge in [0.1, 0.15) is 17.5 Å². The van der Waals surface area contributed by atoms with Crippen LogP contribution in [0.5, 0.6) is 0 Å². The van der Waals surface area contributed by atoms with Gasteiger partial charge in [-0.15, -0.1) is 0 Å². The average molecular weight is 602 g/mol. The Hall–Kier alpha value is -4.25. The molecule has 2 amide bonds. The quantitative estimate of drug-likeness (QED) is 0.335. The van der Waals surface area contributed by atoms with Gasteiger partial charge in [-0.1, -0.05) is 6.92 Å². The predicted molar refractivity (Wildman–Crippen MR) is 161 cm³/mol. The monoisotopic (exact) mass is 601 g/mol. The van der Waals surface area contributed by atoms with Crippen LogP contribution in [-0.2, 0) is 22.6 Å². The summed E-state index contributed by atoms with van der Waals surface area (Å²) in [7, 11) is 1.81. The summed E-state index contributed by atoms with van der Waals surface area (Å²) in [6.45, 7) is 4.48. The molecule has 1 saturated heterocycles. The number of likely N-dealkylation sites (tertiary alicyclic amines) is 1. The van der Waals surface area contributed by atoms with Crippen LogP contribution in [0.3, 0.4) is 0 Å². The molecule has 6 rings (SSSR count). The lowest BCUT2D eigenvalue weighted by molar-refractivity contribution is -0.131. The van der Waals surface area contributed by atoms with Crippen molar-refractivity contribution < 1.29 is 18.4 Å². The van der Waals surface area contributed by atoms with Crippen LogP contribution in [0.4, 0.5) is 8.78 Å². The molecule has 2 aliphatic rings. The number of imidazole rings is 1. The van der Waals surface area contributed by atoms with Crippen LogP contribution < -0.4 is 5.73 Å². The van der Waals surface area contributed by atoms with Crippen LogP contribution in [-0.4, -0.2) is 66.9 Å². The van der Waals surface area contributed by atoms with E-state index in [1.54, 1.807) is 45.8 Å². The average Bonchev–Trinajstić information content (AvgIpc) is 3.57. The predicted octanol–water partition coefficient (Wildman–Crippen LogP) is 4.47. The van der Waals surface area contributed by atoms with Gasteiger partial charge in [-0.25, -0.2) is 18.3 Å². The Balaban J connectivity index is 1.27. The van der Waals surface area contributed by atoms with Crippen molar-refractivity contribution in [2.45, 2.75) is 70.5 Å². The van der Waals surface area contributed by atoms with E-state index in [1.807, 2.05) is 19.3 Å². The Labute approximate surface area is 255 Å². The third-order valence-electron chi connectivity index (χ3n) is 9.27. The highest BCUT2D eigenvalue weighted by molar-refractivity contribution is 5.78. The number of rotatable bonds is 7. The molecule has 4 heterocycles. The number of hydrogen-bond acceptors (Lipinski definition) is 6. The van der Waals surface area contributed by atoms with Crippen molar-refractivity contribution in [3.63, 3.8) is 0 Å². The summed E-state index contributed by atoms with van der Waals surface area (Å²) >= 11 is 0. The number of aromatic nitrogens is 4. The zero-order valence-corrected chi connectivity index (χ0v) is 25.2. The van der Waals surface area contributed by atoms with Gasteiger partial charge in [0.2, 0.25) is 11.8 Å². The fraction of sp³-hybridized carbons (Fsp3) is 0.424. The molecule has 0 radical (unpaired) electrons. The van der Waals surface area contributed by atoms with Gasteiger partial charge in [0, 0.05) is 64.4 Å². The molecule has 2 fully saturated rings. The van der Waals surface area contributed by atoms with Crippen molar-refractivity contribution in [3.8, 4) is 11.3 Å². The summed E-state index contributed by atoms with van der Waals surface area (Å²) < 4.78 is 32.3. The number of carbonyl (C=O) groups is 2. The SMILES string of the molecule is CC(=O)N(C)[C@@H]1[C@H](N)C[C@H](c2ccncc2Cc2ncc3ccc(-c4c(F)cc(CN5CCCC5=O)cc4F)nn23)C[C@@H]1C. The second-order valence-electron chi connectivity index (χ2n) is 12.3. The Bertz CT molecular complexity index is 1690. The Morgan fingerprint density at radius 1 is 1.14 bits per heavy atom. The molecule has 11 heteroatoms. The van der Waals surface area contributed by atoms with Crippen LogP contribution >= 0.6 is 0 Å². The Morgan fingerprint density at radius 3 is 2.59 bits per heavy atom. The molecule has 2 N–H and O–H groups in total. The fourth-order valence-corrected chi connectivity index (χ4v) is 7.10. The molecular weight excluding hydrogens is 564 g/mol. The maximum Gasteiger partial charge on any atom is 0.222 e. The molecule has 4 aromatic rings. The van der Waals surface area contributed by atoms with Crippen LogP contribution in [0.15, 0.2) is 48.9 Å². The van der Waals surface area contributed by atoms with Gasteiger partial charge < -0.3 is 15.5 Å². The highest BCUT2D eigenvalue weighted by Gasteiger charge is 2.38. The van der Waals surface area contributed by atoms with Gasteiger partial charge in [-0.2, -0.15) is 5.10 Å². The zero-order chi connectivity index (χ0) is 31.1. The van der Waals surface area contributed by atoms with E-state index in [-0.39, 0.29) is 53.5 Å². The van der Waals surface area contributed by atoms with Gasteiger partial charge >= 0.3 is 0 Å². The summed E-state index contributed by atoms with van der Waals surface area (Å²) in [5.41, 5.74) is 9.77. The van der Waals surface area contributed by atoms with Crippen molar-refractivity contribution in [2.75, 3.05) is 13.6 Å². The molecule has 1 aromatic carbocycles. The normalized spacial score (nSPS) is 22.1. The highest BCUT2D eigenvalue weighted by atomic mass is 19.1. The smallest absolute Gasteiger partial charge is 0.222 e. The van der Waals surface area contributed by atoms with Gasteiger partial charge in [0.15, 0.2) is 0 Å². The summed E-state index contributed by atoms with van der Waals surface area (Å²) in [5.74, 6) is -0.449. The highest BCUT2D eigenvalue weighted by Crippen LogP contribution is 2.39. The van der Waals surface area contributed by atoms with Crippen LogP contribution in [0.1, 0.15) is 68.0 Å². The maximum absolute atomic E-state index is 15.3. The molecule has 0 bridgehead atoms. The molecule has 4 atom stereocenters. The first-order chi connectivity index (χ1) is 21.1. The van der Waals surface area contributed by atoms with Gasteiger partial charge in [0.25, 0.3) is 0 Å². The van der Waals surface area contributed by atoms with Crippen LogP contribution in [0.2, 0.25) is 0 Å². The number of nitrogens with two attached hydrogens (primary N) is 1. The lowest BCUT2D eigenvalue weighted by atomic mass is 9.72. The van der Waals surface area contributed by atoms with E-state index >= 15 is 8.78 Å². The van der Waals surface area contributed by atoms with E-state index in [0.717, 1.165) is 30.4 Å². The standard InChI is InChI=1S/C33H37F2N7O2/c1-19-11-22(14-28(36)33(19)40(3)20(2)43)25-8-9-37-16-23(25)15-30-38-17-24-6-7-29(39-42(24)30)32-26(34)12-21(13-27(32)35)18-41-10-4-5-31(41)44/h6-9,12-13,16-17,19,22,28,33H,4-5,10-11,14-15,18,36H2,1-3H3/t19-,22+,28+,33-/m0/s1. The van der Waals surface area contributed by atoms with Gasteiger partial charge in [0.05, 0.1) is 23.0 Å². The van der Waals surface area contributed by atoms with E-state index < -0.39 is 11.6 Å². The molecule has 44 heavy (non-hydrogen) atoms. The largest absolute Gasteiger partial charge is 0.341 e. The van der Waals surface area contributed by atoms with Crippen molar-refractivity contribution in [2.24, 2.45) is 11.7 Å². The third-order valence-corrected chi connectivity index (χ3v) is 9.27. The van der Waals surface area contributed by atoms with E-state index in [4.69, 9.17) is 5.73 Å². The first-order valence-corrected chi connectivity index (χ1v) is 15.1. The van der Waals surface area contributed by atoms with E-state index in [9.17, 15) is 9.59 Å². The summed E-state index contributed by atoms with van der Waals surface area (Å²) in [4.78, 5) is 36.4. The van der Waals surface area contributed by atoms with Gasteiger partial charge in [-0.3, -0.25) is 14.6 Å². The first-order valence-electron chi connectivity index (χ1n) is 15.1. The number of hydrogen-bond donors (Lipinski definition) is 1. The number of amides is 2. The number of fused-ring (bicyclic) bond motifs is 1. The number of halogens is 2. The summed E-state index contributed by atoms with van der Waals surface area (Å²) in [6, 6.07) is 7.72. The molecule has 230 valence electrons. The maximum atomic E-state index is 15.3. The zero-order valence-electron chi connectivity index (χ0n) is 25.2. The summed E-state index contributed by atoms with van der Waals surface area (Å²) in [5, 5.41) is 4.61. The minimum absolute atomic E-state index is 0.00274. The number of likely N-dealkylation sites (N-methyl/N-ethyl adjacent to an activating group) is 1. The van der Waals surface area contributed by atoms with E-state index in [1.165, 1.54) is 12.1 Å². The van der Waals surface area contributed by atoms with Crippen molar-refractivity contribution in [3.05, 3.63) is 83.1 Å². The third kappa shape index (κ3) is 5.68. The molecule has 1 aliphatic carbocycles. The fourth-order valence-electron chi connectivity index (χ4n) is 7.10. The lowest BCUT2D eigenvalue weighted by Gasteiger charge is -2.43. The Morgan fingerprint density at radius 2 is 1.91 bits per heavy atom. The molecule has 0 unspecified atom stereocenters. The molecule has 0 spiro atoms. The molecule has 9 nitrogen and oxygen atoms in total. The van der Waals surface area contributed by atoms with E-state index in [0.29, 0.717) is 36.3 Å². The topological polar surface area (TPSA) is 110 Å². The minimum atomic E-state index is -0.730. The second-order valence-corrected chi connectivity index (χ2v) is 12.3. The Kier molecular flexibility index (Phi) is 8.15. The molecule has 1 saturated carbocycles. The lowest BCUT2D eigenvalue weighted by Crippen LogP contribution is -2.54. The molecular formula is C33H37F2N7O2. The van der Waals surface area contributed by atoms with Crippen molar-refractivity contribution >= 4 is 17.3 Å². The number of nitrogens with zero attached hydrogens (tertiary/aromatic N) is 6. The first kappa shape index (κ1) is 29.8. The van der Waals surface area contributed by atoms with Gasteiger partial charge in [-0.05, 0) is 78.1 Å². The minimum Gasteiger partial charge on any atom is -0.341 e. The summed E-state index contributed by atoms with van der Waals surface area (Å²) in [6.07, 6.45) is 8.53. The second kappa shape index (κ2) is 12.0. The number of pyridine rings is 1. The van der Waals surface area contributed by atoms with Crippen LogP contribution in [0.25, 0.3) is 16.8 Å². The molecule has 3 aromatic heterocycles. The van der Waals surface area contributed by atoms with E-state index in [2.05, 4.69) is 22.0 Å². The van der Waals surface area contributed by atoms with Crippen LogP contribution in [0, 0.1) is 17.6 Å². The van der Waals surface area contributed by atoms with Crippen molar-refractivity contribution in [1.82, 2.24) is 29.4 Å². The number of benzene rings is 1. The van der Waals surface area contributed by atoms with Crippen molar-refractivity contribution in [1.29, 1.82) is 0 Å². The molecule has 1 aliphatic heterocycles. The number of carbonyl (C=O) groups excluding carboxylic acids is 2.